The highest BCUT2D eigenvalue weighted by Gasteiger charge is 2.39. The fourth-order valence-corrected chi connectivity index (χ4v) is 3.65. The number of hydrogen-bond acceptors (Lipinski definition) is 8. The summed E-state index contributed by atoms with van der Waals surface area (Å²) >= 11 is 0. The Hall–Kier alpha value is -2.62. The fraction of sp³-hybridized carbons (Fsp3) is 0.667. The van der Waals surface area contributed by atoms with Gasteiger partial charge >= 0.3 is 11.8 Å². The Morgan fingerprint density at radius 3 is 2.82 bits per heavy atom. The number of nitrogens with zero attached hydrogens (tertiary/aromatic N) is 3. The molecule has 3 heterocycles. The Kier molecular flexibility index (Phi) is 5.33. The van der Waals surface area contributed by atoms with Crippen molar-refractivity contribution in [2.24, 2.45) is 5.92 Å². The molecule has 1 fully saturated rings. The van der Waals surface area contributed by atoms with Gasteiger partial charge in [-0.25, -0.2) is 9.78 Å². The van der Waals surface area contributed by atoms with Crippen LogP contribution < -0.4 is 15.0 Å². The molecular weight excluding hydrogens is 368 g/mol. The minimum atomic E-state index is -0.797. The van der Waals surface area contributed by atoms with E-state index in [0.29, 0.717) is 36.7 Å². The van der Waals surface area contributed by atoms with Gasteiger partial charge in [0.1, 0.15) is 17.5 Å². The second-order valence-electron chi connectivity index (χ2n) is 8.26. The van der Waals surface area contributed by atoms with E-state index in [-0.39, 0.29) is 18.2 Å². The number of aromatic nitrogens is 1. The minimum Gasteiger partial charge on any atom is -0.477 e. The smallest absolute Gasteiger partial charge is 0.408 e. The van der Waals surface area contributed by atoms with Crippen LogP contribution in [0, 0.1) is 16.0 Å². The van der Waals surface area contributed by atoms with Crippen molar-refractivity contribution in [1.29, 1.82) is 0 Å². The van der Waals surface area contributed by atoms with Crippen LogP contribution >= 0.6 is 0 Å². The van der Waals surface area contributed by atoms with Gasteiger partial charge in [-0.3, -0.25) is 10.1 Å². The molecule has 0 aromatic carbocycles. The molecule has 1 saturated heterocycles. The summed E-state index contributed by atoms with van der Waals surface area (Å²) in [6.07, 6.45) is 0.292. The first-order valence-electron chi connectivity index (χ1n) is 9.28. The van der Waals surface area contributed by atoms with Crippen LogP contribution in [-0.2, 0) is 11.2 Å². The van der Waals surface area contributed by atoms with E-state index < -0.39 is 28.8 Å². The van der Waals surface area contributed by atoms with Crippen molar-refractivity contribution in [2.75, 3.05) is 24.6 Å². The Balaban J connectivity index is 1.88. The molecule has 3 rings (SSSR count). The van der Waals surface area contributed by atoms with Crippen LogP contribution in [0.15, 0.2) is 6.20 Å². The Morgan fingerprint density at radius 2 is 2.18 bits per heavy atom. The van der Waals surface area contributed by atoms with Gasteiger partial charge in [0.2, 0.25) is 5.88 Å². The summed E-state index contributed by atoms with van der Waals surface area (Å²) in [5.41, 5.74) is 0.358. The number of fused-ring (bicyclic) bond motifs is 1. The first-order valence-corrected chi connectivity index (χ1v) is 9.28. The zero-order chi connectivity index (χ0) is 20.6. The van der Waals surface area contributed by atoms with Crippen LogP contribution in [0.3, 0.4) is 0 Å². The molecule has 28 heavy (non-hydrogen) atoms. The maximum absolute atomic E-state index is 12.2. The van der Waals surface area contributed by atoms with Crippen LogP contribution in [0.5, 0.6) is 5.88 Å². The molecule has 10 heteroatoms. The second kappa shape index (κ2) is 7.42. The lowest BCUT2D eigenvalue weighted by Gasteiger charge is -2.41. The van der Waals surface area contributed by atoms with E-state index in [1.54, 1.807) is 20.8 Å². The van der Waals surface area contributed by atoms with Gasteiger partial charge in [0.25, 0.3) is 0 Å². The molecule has 2 aliphatic heterocycles. The van der Waals surface area contributed by atoms with Crippen molar-refractivity contribution in [1.82, 2.24) is 10.3 Å². The van der Waals surface area contributed by atoms with Gasteiger partial charge in [0.05, 0.1) is 23.7 Å². The number of ether oxygens (including phenoxy) is 2. The number of aliphatic hydroxyl groups excluding tert-OH is 1. The number of nitrogens with one attached hydrogen (secondary N) is 1. The largest absolute Gasteiger partial charge is 0.477 e. The molecule has 0 radical (unpaired) electrons. The van der Waals surface area contributed by atoms with Gasteiger partial charge in [-0.15, -0.1) is 0 Å². The number of aliphatic hydroxyl groups is 1. The average Bonchev–Trinajstić information content (AvgIpc) is 3.04. The number of rotatable bonds is 3. The maximum atomic E-state index is 12.2. The van der Waals surface area contributed by atoms with Crippen molar-refractivity contribution in [2.45, 2.75) is 51.9 Å². The van der Waals surface area contributed by atoms with E-state index in [0.717, 1.165) is 0 Å². The summed E-state index contributed by atoms with van der Waals surface area (Å²) in [4.78, 5) is 29.2. The molecule has 2 aliphatic rings. The third kappa shape index (κ3) is 4.11. The highest BCUT2D eigenvalue weighted by Crippen LogP contribution is 2.40. The lowest BCUT2D eigenvalue weighted by molar-refractivity contribution is -0.384. The van der Waals surface area contributed by atoms with Gasteiger partial charge in [0.15, 0.2) is 0 Å². The molecule has 0 bridgehead atoms. The molecule has 154 valence electrons. The van der Waals surface area contributed by atoms with Crippen LogP contribution in [0.2, 0.25) is 0 Å². The number of anilines is 1. The first-order chi connectivity index (χ1) is 13.1. The number of carbonyl (C=O) groups excluding carboxylic acids is 1. The molecule has 1 amide bonds. The highest BCUT2D eigenvalue weighted by molar-refractivity contribution is 5.72. The third-order valence-corrected chi connectivity index (χ3v) is 4.82. The van der Waals surface area contributed by atoms with Gasteiger partial charge in [0, 0.05) is 31.0 Å². The normalized spacial score (nSPS) is 24.3. The predicted octanol–water partition coefficient (Wildman–Crippen LogP) is 1.63. The second-order valence-corrected chi connectivity index (χ2v) is 8.26. The molecule has 2 N–H and O–H groups in total. The van der Waals surface area contributed by atoms with E-state index in [9.17, 15) is 20.0 Å². The summed E-state index contributed by atoms with van der Waals surface area (Å²) in [5, 5.41) is 24.8. The molecule has 1 aromatic rings. The Labute approximate surface area is 163 Å². The number of piperidine rings is 1. The molecule has 0 unspecified atom stereocenters. The molecule has 0 spiro atoms. The van der Waals surface area contributed by atoms with Crippen LogP contribution in [0.1, 0.15) is 33.3 Å². The third-order valence-electron chi connectivity index (χ3n) is 4.82. The van der Waals surface area contributed by atoms with Crippen molar-refractivity contribution in [3.8, 4) is 5.88 Å². The van der Waals surface area contributed by atoms with Gasteiger partial charge in [-0.1, -0.05) is 6.92 Å². The van der Waals surface area contributed by atoms with Crippen molar-refractivity contribution >= 4 is 17.5 Å². The summed E-state index contributed by atoms with van der Waals surface area (Å²) < 4.78 is 10.7. The fourth-order valence-electron chi connectivity index (χ4n) is 3.65. The van der Waals surface area contributed by atoms with E-state index >= 15 is 0 Å². The van der Waals surface area contributed by atoms with Crippen molar-refractivity contribution in [3.63, 3.8) is 0 Å². The topological polar surface area (TPSA) is 127 Å². The van der Waals surface area contributed by atoms with Crippen molar-refractivity contribution < 1.29 is 24.3 Å². The lowest BCUT2D eigenvalue weighted by atomic mass is 9.91. The molecular formula is C18H26N4O6. The number of nitro groups is 1. The zero-order valence-corrected chi connectivity index (χ0v) is 16.5. The molecule has 0 aliphatic carbocycles. The van der Waals surface area contributed by atoms with Crippen molar-refractivity contribution in [3.05, 3.63) is 21.9 Å². The van der Waals surface area contributed by atoms with E-state index in [4.69, 9.17) is 9.47 Å². The molecule has 1 aromatic heterocycles. The molecule has 3 atom stereocenters. The van der Waals surface area contributed by atoms with E-state index in [1.165, 1.54) is 6.20 Å². The highest BCUT2D eigenvalue weighted by atomic mass is 16.6. The quantitative estimate of drug-likeness (QED) is 0.585. The zero-order valence-electron chi connectivity index (χ0n) is 16.5. The number of amides is 1. The standard InChI is InChI=1S/C18H26N4O6/c1-10-8-21(9-12(15(10)23)20-17(24)28-18(2,3)4)14-11-5-6-27-16(11)19-7-13(14)22(25)26/h7,10,12,15,23H,5-6,8-9H2,1-4H3,(H,20,24)/t10-,12+,15+/m0/s1. The van der Waals surface area contributed by atoms with Crippen LogP contribution in [0.25, 0.3) is 0 Å². The SMILES string of the molecule is C[C@H]1CN(c2c([N+](=O)[O-])cnc3c2CCO3)C[C@@H](NC(=O)OC(C)(C)C)[C@@H]1O. The Bertz CT molecular complexity index is 778. The lowest BCUT2D eigenvalue weighted by Crippen LogP contribution is -2.59. The summed E-state index contributed by atoms with van der Waals surface area (Å²) in [6.45, 7) is 8.13. The number of hydrogen-bond donors (Lipinski definition) is 2. The summed E-state index contributed by atoms with van der Waals surface area (Å²) in [5.74, 6) is 0.176. The monoisotopic (exact) mass is 394 g/mol. The number of pyridine rings is 1. The summed E-state index contributed by atoms with van der Waals surface area (Å²) in [6, 6.07) is -0.635. The van der Waals surface area contributed by atoms with Crippen LogP contribution in [0.4, 0.5) is 16.2 Å². The number of carbonyl (C=O) groups is 1. The van der Waals surface area contributed by atoms with E-state index in [2.05, 4.69) is 10.3 Å². The first kappa shape index (κ1) is 20.1. The van der Waals surface area contributed by atoms with Crippen LogP contribution in [-0.4, -0.2) is 58.6 Å². The maximum Gasteiger partial charge on any atom is 0.408 e. The minimum absolute atomic E-state index is 0.108. The summed E-state index contributed by atoms with van der Waals surface area (Å²) in [7, 11) is 0. The van der Waals surface area contributed by atoms with Gasteiger partial charge in [-0.05, 0) is 20.8 Å². The Morgan fingerprint density at radius 1 is 1.46 bits per heavy atom. The van der Waals surface area contributed by atoms with E-state index in [1.807, 2.05) is 11.8 Å². The van der Waals surface area contributed by atoms with Gasteiger partial charge in [-0.2, -0.15) is 0 Å². The predicted molar refractivity (Wildman–Crippen MR) is 101 cm³/mol. The molecule has 10 nitrogen and oxygen atoms in total. The number of alkyl carbamates (subject to hydrolysis) is 1. The molecule has 0 saturated carbocycles. The van der Waals surface area contributed by atoms with Gasteiger partial charge < -0.3 is 24.8 Å². The average molecular weight is 394 g/mol.